The summed E-state index contributed by atoms with van der Waals surface area (Å²) in [6.45, 7) is 4.38. The van der Waals surface area contributed by atoms with Gasteiger partial charge in [-0.3, -0.25) is 0 Å². The van der Waals surface area contributed by atoms with Crippen molar-refractivity contribution in [2.75, 3.05) is 0 Å². The van der Waals surface area contributed by atoms with E-state index in [9.17, 15) is 0 Å². The minimum absolute atomic E-state index is 1.06. The lowest BCUT2D eigenvalue weighted by Crippen LogP contribution is -2.00. The SMILES string of the molecule is CC1=C(Br)c2ccc(C)c3cccc(c23)C1. The summed E-state index contributed by atoms with van der Waals surface area (Å²) >= 11 is 3.72. The predicted molar refractivity (Wildman–Crippen MR) is 73.9 cm³/mol. The lowest BCUT2D eigenvalue weighted by Gasteiger charge is -2.20. The van der Waals surface area contributed by atoms with Crippen LogP contribution in [0, 0.1) is 6.92 Å². The third-order valence-corrected chi connectivity index (χ3v) is 4.52. The zero-order valence-corrected chi connectivity index (χ0v) is 11.1. The number of hydrogen-bond acceptors (Lipinski definition) is 0. The Labute approximate surface area is 104 Å². The van der Waals surface area contributed by atoms with Crippen LogP contribution in [0.2, 0.25) is 0 Å². The minimum Gasteiger partial charge on any atom is -0.0613 e. The van der Waals surface area contributed by atoms with E-state index in [0.717, 1.165) is 6.42 Å². The van der Waals surface area contributed by atoms with Crippen LogP contribution in [-0.4, -0.2) is 0 Å². The Kier molecular flexibility index (Phi) is 2.18. The van der Waals surface area contributed by atoms with Crippen LogP contribution in [0.1, 0.15) is 23.6 Å². The summed E-state index contributed by atoms with van der Waals surface area (Å²) in [5.74, 6) is 0. The predicted octanol–water partition coefficient (Wildman–Crippen LogP) is 4.83. The summed E-state index contributed by atoms with van der Waals surface area (Å²) in [5, 5.41) is 2.82. The van der Waals surface area contributed by atoms with Crippen LogP contribution in [0.25, 0.3) is 15.3 Å². The molecule has 0 N–H and O–H groups in total. The van der Waals surface area contributed by atoms with Crippen LogP contribution < -0.4 is 0 Å². The molecule has 0 atom stereocenters. The van der Waals surface area contributed by atoms with Gasteiger partial charge in [-0.05, 0) is 47.7 Å². The number of rotatable bonds is 0. The highest BCUT2D eigenvalue weighted by atomic mass is 79.9. The molecule has 3 rings (SSSR count). The molecule has 0 aromatic heterocycles. The first kappa shape index (κ1) is 10.1. The molecule has 0 spiro atoms. The number of benzene rings is 2. The van der Waals surface area contributed by atoms with Gasteiger partial charge in [-0.15, -0.1) is 0 Å². The summed E-state index contributed by atoms with van der Waals surface area (Å²) in [6.07, 6.45) is 1.06. The summed E-state index contributed by atoms with van der Waals surface area (Å²) in [5.41, 5.74) is 5.58. The molecule has 1 aliphatic rings. The van der Waals surface area contributed by atoms with E-state index >= 15 is 0 Å². The highest BCUT2D eigenvalue weighted by Gasteiger charge is 2.17. The number of hydrogen-bond donors (Lipinski definition) is 0. The molecule has 80 valence electrons. The molecule has 1 heteroatoms. The van der Waals surface area contributed by atoms with Gasteiger partial charge in [0.05, 0.1) is 0 Å². The first-order chi connectivity index (χ1) is 7.68. The fraction of sp³-hybridized carbons (Fsp3) is 0.200. The fourth-order valence-electron chi connectivity index (χ4n) is 2.55. The molecule has 0 aliphatic heterocycles. The Morgan fingerprint density at radius 1 is 1.06 bits per heavy atom. The standard InChI is InChI=1S/C15H13Br/c1-9-6-7-13-14-11(4-3-5-12(9)14)8-10(2)15(13)16/h3-7H,8H2,1-2H3. The van der Waals surface area contributed by atoms with E-state index in [0.29, 0.717) is 0 Å². The van der Waals surface area contributed by atoms with Gasteiger partial charge in [0.15, 0.2) is 0 Å². The zero-order chi connectivity index (χ0) is 11.3. The smallest absolute Gasteiger partial charge is 0.0246 e. The van der Waals surface area contributed by atoms with Gasteiger partial charge in [-0.2, -0.15) is 0 Å². The topological polar surface area (TPSA) is 0 Å². The van der Waals surface area contributed by atoms with Crippen molar-refractivity contribution in [2.24, 2.45) is 0 Å². The van der Waals surface area contributed by atoms with Gasteiger partial charge in [0.25, 0.3) is 0 Å². The maximum absolute atomic E-state index is 3.72. The van der Waals surface area contributed by atoms with Gasteiger partial charge in [-0.1, -0.05) is 51.8 Å². The molecule has 0 saturated heterocycles. The number of aryl methyl sites for hydroxylation is 1. The van der Waals surface area contributed by atoms with Crippen molar-refractivity contribution in [3.8, 4) is 0 Å². The molecule has 2 aromatic carbocycles. The number of halogens is 1. The Morgan fingerprint density at radius 2 is 1.88 bits per heavy atom. The molecular weight excluding hydrogens is 260 g/mol. The van der Waals surface area contributed by atoms with Crippen molar-refractivity contribution >= 4 is 31.2 Å². The third kappa shape index (κ3) is 1.28. The van der Waals surface area contributed by atoms with Crippen LogP contribution in [-0.2, 0) is 6.42 Å². The fourth-order valence-corrected chi connectivity index (χ4v) is 3.02. The highest BCUT2D eigenvalue weighted by Crippen LogP contribution is 2.39. The highest BCUT2D eigenvalue weighted by molar-refractivity contribution is 9.15. The summed E-state index contributed by atoms with van der Waals surface area (Å²) in [6, 6.07) is 11.1. The molecular formula is C15H13Br. The summed E-state index contributed by atoms with van der Waals surface area (Å²) in [4.78, 5) is 0. The molecule has 0 unspecified atom stereocenters. The molecule has 0 heterocycles. The van der Waals surface area contributed by atoms with E-state index in [1.165, 1.54) is 37.5 Å². The van der Waals surface area contributed by atoms with Crippen molar-refractivity contribution in [1.82, 2.24) is 0 Å². The van der Waals surface area contributed by atoms with Crippen molar-refractivity contribution in [3.05, 3.63) is 52.6 Å². The second-order valence-electron chi connectivity index (χ2n) is 4.54. The maximum Gasteiger partial charge on any atom is 0.0246 e. The zero-order valence-electron chi connectivity index (χ0n) is 9.47. The molecule has 0 amide bonds. The monoisotopic (exact) mass is 272 g/mol. The summed E-state index contributed by atoms with van der Waals surface area (Å²) in [7, 11) is 0. The van der Waals surface area contributed by atoms with Crippen LogP contribution >= 0.6 is 15.9 Å². The van der Waals surface area contributed by atoms with Gasteiger partial charge in [0.2, 0.25) is 0 Å². The molecule has 0 radical (unpaired) electrons. The molecule has 16 heavy (non-hydrogen) atoms. The molecule has 0 nitrogen and oxygen atoms in total. The summed E-state index contributed by atoms with van der Waals surface area (Å²) < 4.78 is 1.27. The molecule has 1 aliphatic carbocycles. The average molecular weight is 273 g/mol. The Morgan fingerprint density at radius 3 is 2.69 bits per heavy atom. The van der Waals surface area contributed by atoms with Gasteiger partial charge in [0, 0.05) is 4.48 Å². The van der Waals surface area contributed by atoms with Crippen LogP contribution in [0.3, 0.4) is 0 Å². The first-order valence-electron chi connectivity index (χ1n) is 5.55. The van der Waals surface area contributed by atoms with Crippen molar-refractivity contribution in [3.63, 3.8) is 0 Å². The van der Waals surface area contributed by atoms with Gasteiger partial charge < -0.3 is 0 Å². The van der Waals surface area contributed by atoms with Crippen molar-refractivity contribution < 1.29 is 0 Å². The first-order valence-corrected chi connectivity index (χ1v) is 6.34. The molecule has 0 saturated carbocycles. The lowest BCUT2D eigenvalue weighted by molar-refractivity contribution is 1.16. The quantitative estimate of drug-likeness (QED) is 0.645. The van der Waals surface area contributed by atoms with Gasteiger partial charge in [0.1, 0.15) is 0 Å². The number of allylic oxidation sites excluding steroid dienone is 1. The lowest BCUT2D eigenvalue weighted by atomic mass is 9.88. The van der Waals surface area contributed by atoms with Crippen LogP contribution in [0.15, 0.2) is 35.9 Å². The van der Waals surface area contributed by atoms with E-state index in [2.05, 4.69) is 60.1 Å². The molecule has 2 aromatic rings. The Hall–Kier alpha value is -1.08. The Bertz CT molecular complexity index is 621. The second-order valence-corrected chi connectivity index (χ2v) is 5.33. The van der Waals surface area contributed by atoms with E-state index in [1.54, 1.807) is 0 Å². The van der Waals surface area contributed by atoms with E-state index in [1.807, 2.05) is 0 Å². The molecule has 0 fully saturated rings. The second kappa shape index (κ2) is 3.46. The van der Waals surface area contributed by atoms with E-state index in [-0.39, 0.29) is 0 Å². The Balaban J connectivity index is 2.52. The maximum atomic E-state index is 3.72. The normalized spacial score (nSPS) is 14.7. The molecule has 0 bridgehead atoms. The van der Waals surface area contributed by atoms with Crippen LogP contribution in [0.5, 0.6) is 0 Å². The average Bonchev–Trinajstić information content (AvgIpc) is 2.28. The van der Waals surface area contributed by atoms with Crippen LogP contribution in [0.4, 0.5) is 0 Å². The van der Waals surface area contributed by atoms with Crippen molar-refractivity contribution in [2.45, 2.75) is 20.3 Å². The van der Waals surface area contributed by atoms with Gasteiger partial charge in [-0.25, -0.2) is 0 Å². The van der Waals surface area contributed by atoms with E-state index in [4.69, 9.17) is 0 Å². The van der Waals surface area contributed by atoms with Gasteiger partial charge >= 0.3 is 0 Å². The van der Waals surface area contributed by atoms with Crippen molar-refractivity contribution in [1.29, 1.82) is 0 Å². The largest absolute Gasteiger partial charge is 0.0613 e. The minimum atomic E-state index is 1.06. The third-order valence-electron chi connectivity index (χ3n) is 3.41. The van der Waals surface area contributed by atoms with E-state index < -0.39 is 0 Å².